The molecule has 6 heteroatoms. The van der Waals surface area contributed by atoms with Crippen LogP contribution in [-0.4, -0.2) is 52.0 Å². The van der Waals surface area contributed by atoms with Gasteiger partial charge in [-0.15, -0.1) is 0 Å². The lowest BCUT2D eigenvalue weighted by molar-refractivity contribution is -0.158. The molecule has 0 spiro atoms. The molecule has 0 saturated heterocycles. The van der Waals surface area contributed by atoms with E-state index in [9.17, 15) is 29.7 Å². The molecule has 0 radical (unpaired) electrons. The van der Waals surface area contributed by atoms with Crippen molar-refractivity contribution >= 4 is 17.9 Å². The standard InChI is InChI=1S/C21H28O6/c1-20-5-4-12(24)6-11(20)2-3-13-14-7-15(25)19(17(27)9-22)21(14,10-23)8-16(26)18(13)20/h6,10,13-16,18-19,22,25-26H,2-5,7-9H2,1H3/t13-,14-,15?,16-,18+,19+,20-,21+/m0/s1. The predicted molar refractivity (Wildman–Crippen MR) is 95.5 cm³/mol. The van der Waals surface area contributed by atoms with Crippen molar-refractivity contribution in [3.05, 3.63) is 11.6 Å². The summed E-state index contributed by atoms with van der Waals surface area (Å²) in [7, 11) is 0. The molecule has 4 aliphatic carbocycles. The number of carbonyl (C=O) groups is 3. The van der Waals surface area contributed by atoms with Crippen molar-refractivity contribution in [2.75, 3.05) is 6.61 Å². The highest BCUT2D eigenvalue weighted by molar-refractivity contribution is 5.91. The van der Waals surface area contributed by atoms with E-state index < -0.39 is 35.9 Å². The summed E-state index contributed by atoms with van der Waals surface area (Å²) < 4.78 is 0. The highest BCUT2D eigenvalue weighted by Crippen LogP contribution is 2.66. The van der Waals surface area contributed by atoms with E-state index in [1.165, 1.54) is 0 Å². The van der Waals surface area contributed by atoms with Gasteiger partial charge >= 0.3 is 0 Å². The van der Waals surface area contributed by atoms with Gasteiger partial charge in [-0.2, -0.15) is 0 Å². The Morgan fingerprint density at radius 2 is 2.04 bits per heavy atom. The van der Waals surface area contributed by atoms with Crippen LogP contribution in [0, 0.1) is 34.5 Å². The van der Waals surface area contributed by atoms with Gasteiger partial charge in [-0.25, -0.2) is 0 Å². The van der Waals surface area contributed by atoms with Crippen LogP contribution in [0.2, 0.25) is 0 Å². The topological polar surface area (TPSA) is 112 Å². The fourth-order valence-electron chi connectivity index (χ4n) is 7.22. The third-order valence-electron chi connectivity index (χ3n) is 8.27. The van der Waals surface area contributed by atoms with Gasteiger partial charge in [-0.3, -0.25) is 9.59 Å². The van der Waals surface area contributed by atoms with Crippen LogP contribution in [0.25, 0.3) is 0 Å². The molecule has 0 amide bonds. The Hall–Kier alpha value is -1.37. The van der Waals surface area contributed by atoms with Crippen molar-refractivity contribution in [1.29, 1.82) is 0 Å². The Balaban J connectivity index is 1.76. The average molecular weight is 376 g/mol. The molecular weight excluding hydrogens is 348 g/mol. The largest absolute Gasteiger partial charge is 0.393 e. The minimum Gasteiger partial charge on any atom is -0.393 e. The van der Waals surface area contributed by atoms with Gasteiger partial charge in [0.05, 0.1) is 18.1 Å². The monoisotopic (exact) mass is 376 g/mol. The van der Waals surface area contributed by atoms with E-state index in [0.29, 0.717) is 19.3 Å². The predicted octanol–water partition coefficient (Wildman–Crippen LogP) is 0.816. The Morgan fingerprint density at radius 3 is 2.70 bits per heavy atom. The minimum atomic E-state index is -1.11. The van der Waals surface area contributed by atoms with Crippen molar-refractivity contribution in [3.63, 3.8) is 0 Å². The summed E-state index contributed by atoms with van der Waals surface area (Å²) in [4.78, 5) is 36.5. The molecule has 0 aromatic carbocycles. The number of rotatable bonds is 3. The Morgan fingerprint density at radius 1 is 1.30 bits per heavy atom. The molecule has 4 rings (SSSR count). The second kappa shape index (κ2) is 6.33. The molecule has 0 bridgehead atoms. The lowest BCUT2D eigenvalue weighted by Crippen LogP contribution is -2.58. The normalized spacial score (nSPS) is 48.9. The van der Waals surface area contributed by atoms with Gasteiger partial charge in [0.15, 0.2) is 11.6 Å². The zero-order valence-electron chi connectivity index (χ0n) is 15.6. The van der Waals surface area contributed by atoms with Crippen LogP contribution in [0.3, 0.4) is 0 Å². The molecule has 0 heterocycles. The van der Waals surface area contributed by atoms with E-state index in [-0.39, 0.29) is 35.4 Å². The number of allylic oxidation sites excluding steroid dienone is 1. The average Bonchev–Trinajstić information content (AvgIpc) is 2.93. The van der Waals surface area contributed by atoms with Crippen molar-refractivity contribution in [2.24, 2.45) is 34.5 Å². The SMILES string of the molecule is C[C@]12CCC(=O)C=C1CC[C@@H]1[C@@H]2[C@@H](O)C[C@]2(C=O)[C@@H](C(=O)CO)C(O)C[C@@H]12. The quantitative estimate of drug-likeness (QED) is 0.629. The summed E-state index contributed by atoms with van der Waals surface area (Å²) in [6.07, 6.45) is 3.88. The van der Waals surface area contributed by atoms with Gasteiger partial charge < -0.3 is 20.1 Å². The summed E-state index contributed by atoms with van der Waals surface area (Å²) in [5.41, 5.74) is -0.295. The molecule has 3 fully saturated rings. The van der Waals surface area contributed by atoms with Crippen molar-refractivity contribution < 1.29 is 29.7 Å². The Kier molecular flexibility index (Phi) is 4.44. The third-order valence-corrected chi connectivity index (χ3v) is 8.27. The zero-order valence-corrected chi connectivity index (χ0v) is 15.6. The maximum absolute atomic E-state index is 12.3. The van der Waals surface area contributed by atoms with Crippen LogP contribution in [0.15, 0.2) is 11.6 Å². The maximum Gasteiger partial charge on any atom is 0.164 e. The van der Waals surface area contributed by atoms with Gasteiger partial charge in [-0.05, 0) is 61.3 Å². The van der Waals surface area contributed by atoms with E-state index in [1.54, 1.807) is 6.08 Å². The zero-order chi connectivity index (χ0) is 19.6. The molecule has 1 unspecified atom stereocenters. The smallest absolute Gasteiger partial charge is 0.164 e. The van der Waals surface area contributed by atoms with Crippen LogP contribution in [0.1, 0.15) is 45.4 Å². The molecular formula is C21H28O6. The molecule has 6 nitrogen and oxygen atoms in total. The number of Topliss-reactive ketones (excluding diaryl/α,β-unsaturated/α-hetero) is 1. The van der Waals surface area contributed by atoms with Crippen molar-refractivity contribution in [1.82, 2.24) is 0 Å². The molecule has 3 saturated carbocycles. The molecule has 0 aliphatic heterocycles. The van der Waals surface area contributed by atoms with E-state index in [1.807, 2.05) is 0 Å². The summed E-state index contributed by atoms with van der Waals surface area (Å²) in [6.45, 7) is 1.40. The first-order valence-electron chi connectivity index (χ1n) is 9.98. The first-order valence-corrected chi connectivity index (χ1v) is 9.98. The third kappa shape index (κ3) is 2.46. The number of aliphatic hydroxyl groups excluding tert-OH is 3. The highest BCUT2D eigenvalue weighted by Gasteiger charge is 2.67. The number of hydrogen-bond acceptors (Lipinski definition) is 6. The molecule has 3 N–H and O–H groups in total. The number of aldehydes is 1. The van der Waals surface area contributed by atoms with E-state index >= 15 is 0 Å². The molecule has 8 atom stereocenters. The van der Waals surface area contributed by atoms with Gasteiger partial charge in [0, 0.05) is 11.8 Å². The molecule has 0 aromatic rings. The highest BCUT2D eigenvalue weighted by atomic mass is 16.3. The van der Waals surface area contributed by atoms with Crippen LogP contribution in [-0.2, 0) is 14.4 Å². The lowest BCUT2D eigenvalue weighted by Gasteiger charge is -2.59. The first-order chi connectivity index (χ1) is 12.8. The number of ketones is 2. The fourth-order valence-corrected chi connectivity index (χ4v) is 7.22. The number of hydrogen-bond donors (Lipinski definition) is 3. The van der Waals surface area contributed by atoms with Crippen LogP contribution < -0.4 is 0 Å². The van der Waals surface area contributed by atoms with E-state index in [4.69, 9.17) is 0 Å². The second-order valence-corrected chi connectivity index (χ2v) is 9.30. The first kappa shape index (κ1) is 19.0. The van der Waals surface area contributed by atoms with Gasteiger partial charge in [0.2, 0.25) is 0 Å². The van der Waals surface area contributed by atoms with E-state index in [2.05, 4.69) is 6.92 Å². The Labute approximate surface area is 158 Å². The fraction of sp³-hybridized carbons (Fsp3) is 0.762. The number of fused-ring (bicyclic) bond motifs is 5. The van der Waals surface area contributed by atoms with Crippen LogP contribution in [0.5, 0.6) is 0 Å². The second-order valence-electron chi connectivity index (χ2n) is 9.30. The summed E-state index contributed by atoms with van der Waals surface area (Å²) in [6, 6.07) is 0. The van der Waals surface area contributed by atoms with Crippen LogP contribution >= 0.6 is 0 Å². The molecule has 0 aromatic heterocycles. The summed E-state index contributed by atoms with van der Waals surface area (Å²) in [5, 5.41) is 31.1. The Bertz CT molecular complexity index is 713. The van der Waals surface area contributed by atoms with E-state index in [0.717, 1.165) is 24.7 Å². The van der Waals surface area contributed by atoms with Crippen LogP contribution in [0.4, 0.5) is 0 Å². The molecule has 27 heavy (non-hydrogen) atoms. The van der Waals surface area contributed by atoms with Gasteiger partial charge in [-0.1, -0.05) is 12.5 Å². The number of aliphatic hydroxyl groups is 3. The molecule has 148 valence electrons. The van der Waals surface area contributed by atoms with Gasteiger partial charge in [0.1, 0.15) is 12.9 Å². The van der Waals surface area contributed by atoms with Crippen molar-refractivity contribution in [2.45, 2.75) is 57.7 Å². The minimum absolute atomic E-state index is 0.0143. The molecule has 4 aliphatic rings. The number of carbonyl (C=O) groups excluding carboxylic acids is 3. The van der Waals surface area contributed by atoms with Crippen molar-refractivity contribution in [3.8, 4) is 0 Å². The summed E-state index contributed by atoms with van der Waals surface area (Å²) >= 11 is 0. The summed E-state index contributed by atoms with van der Waals surface area (Å²) in [5.74, 6) is -1.58. The lowest BCUT2D eigenvalue weighted by atomic mass is 9.45. The maximum atomic E-state index is 12.3. The van der Waals surface area contributed by atoms with Gasteiger partial charge in [0.25, 0.3) is 0 Å².